The lowest BCUT2D eigenvalue weighted by Gasteiger charge is -2.31. The van der Waals surface area contributed by atoms with Gasteiger partial charge < -0.3 is 0 Å². The molecule has 0 unspecified atom stereocenters. The summed E-state index contributed by atoms with van der Waals surface area (Å²) in [5.74, 6) is 0. The highest BCUT2D eigenvalue weighted by atomic mass is 32.3. The molecule has 0 aromatic carbocycles. The molecule has 0 aliphatic carbocycles. The van der Waals surface area contributed by atoms with E-state index >= 15 is 0 Å². The standard InChI is InChI=1S/C9H20O4S/c1-8(2,3)6-9(4,5)7-13-14(10,11)12/h6-7H2,1-5H3,(H,10,11,12). The lowest BCUT2D eigenvalue weighted by molar-refractivity contribution is 0.118. The van der Waals surface area contributed by atoms with Gasteiger partial charge in [0.15, 0.2) is 0 Å². The van der Waals surface area contributed by atoms with Crippen LogP contribution < -0.4 is 0 Å². The first-order valence-corrected chi connectivity index (χ1v) is 5.90. The van der Waals surface area contributed by atoms with Crippen LogP contribution in [0.3, 0.4) is 0 Å². The summed E-state index contributed by atoms with van der Waals surface area (Å²) in [6.07, 6.45) is 0.815. The molecule has 14 heavy (non-hydrogen) atoms. The molecule has 0 amide bonds. The minimum atomic E-state index is -4.31. The minimum Gasteiger partial charge on any atom is -0.264 e. The van der Waals surface area contributed by atoms with E-state index in [0.29, 0.717) is 0 Å². The van der Waals surface area contributed by atoms with E-state index in [1.54, 1.807) is 0 Å². The van der Waals surface area contributed by atoms with E-state index in [-0.39, 0.29) is 17.4 Å². The van der Waals surface area contributed by atoms with Crippen LogP contribution in [0.25, 0.3) is 0 Å². The van der Waals surface area contributed by atoms with Crippen LogP contribution in [-0.2, 0) is 14.6 Å². The summed E-state index contributed by atoms with van der Waals surface area (Å²) in [5, 5.41) is 0. The lowest BCUT2D eigenvalue weighted by atomic mass is 9.77. The minimum absolute atomic E-state index is 0.00308. The van der Waals surface area contributed by atoms with Crippen molar-refractivity contribution in [3.63, 3.8) is 0 Å². The molecule has 0 aromatic heterocycles. The fraction of sp³-hybridized carbons (Fsp3) is 1.00. The van der Waals surface area contributed by atoms with Gasteiger partial charge in [-0.05, 0) is 17.3 Å². The van der Waals surface area contributed by atoms with Crippen molar-refractivity contribution >= 4 is 10.4 Å². The molecule has 0 saturated carbocycles. The molecule has 0 fully saturated rings. The molecule has 0 saturated heterocycles. The maximum absolute atomic E-state index is 10.4. The van der Waals surface area contributed by atoms with Crippen LogP contribution in [0.4, 0.5) is 0 Å². The molecule has 5 heteroatoms. The van der Waals surface area contributed by atoms with Gasteiger partial charge in [-0.3, -0.25) is 4.55 Å². The highest BCUT2D eigenvalue weighted by molar-refractivity contribution is 7.80. The van der Waals surface area contributed by atoms with Gasteiger partial charge in [-0.2, -0.15) is 8.42 Å². The van der Waals surface area contributed by atoms with Crippen LogP contribution in [0.5, 0.6) is 0 Å². The van der Waals surface area contributed by atoms with E-state index in [4.69, 9.17) is 4.55 Å². The first kappa shape index (κ1) is 13.9. The summed E-state index contributed by atoms with van der Waals surface area (Å²) in [5.41, 5.74) is -0.167. The molecule has 0 atom stereocenters. The van der Waals surface area contributed by atoms with Gasteiger partial charge in [0.1, 0.15) is 0 Å². The zero-order valence-electron chi connectivity index (χ0n) is 9.49. The Morgan fingerprint density at radius 2 is 1.57 bits per heavy atom. The van der Waals surface area contributed by atoms with E-state index in [9.17, 15) is 8.42 Å². The Morgan fingerprint density at radius 1 is 1.14 bits per heavy atom. The third-order valence-electron chi connectivity index (χ3n) is 1.61. The van der Waals surface area contributed by atoms with Gasteiger partial charge in [-0.15, -0.1) is 0 Å². The van der Waals surface area contributed by atoms with E-state index in [0.717, 1.165) is 6.42 Å². The fourth-order valence-electron chi connectivity index (χ4n) is 1.72. The first-order chi connectivity index (χ1) is 5.91. The Balaban J connectivity index is 4.22. The predicted octanol–water partition coefficient (Wildman–Crippen LogP) is 2.27. The molecule has 4 nitrogen and oxygen atoms in total. The molecule has 0 bridgehead atoms. The SMILES string of the molecule is CC(C)(C)CC(C)(C)COS(=O)(=O)O. The monoisotopic (exact) mass is 224 g/mol. The van der Waals surface area contributed by atoms with Crippen molar-refractivity contribution in [1.82, 2.24) is 0 Å². The normalized spacial score (nSPS) is 14.4. The van der Waals surface area contributed by atoms with E-state index < -0.39 is 10.4 Å². The van der Waals surface area contributed by atoms with E-state index in [1.807, 2.05) is 13.8 Å². The third kappa shape index (κ3) is 8.47. The fourth-order valence-corrected chi connectivity index (χ4v) is 2.19. The van der Waals surface area contributed by atoms with Crippen LogP contribution in [0, 0.1) is 10.8 Å². The summed E-state index contributed by atoms with van der Waals surface area (Å²) in [7, 11) is -4.31. The average Bonchev–Trinajstić information content (AvgIpc) is 1.76. The highest BCUT2D eigenvalue weighted by Crippen LogP contribution is 2.33. The summed E-state index contributed by atoms with van der Waals surface area (Å²) in [6.45, 7) is 10.0. The van der Waals surface area contributed by atoms with Crippen molar-refractivity contribution in [1.29, 1.82) is 0 Å². The Labute approximate surface area is 86.6 Å². The second-order valence-corrected chi connectivity index (χ2v) is 6.68. The first-order valence-electron chi connectivity index (χ1n) is 4.53. The Kier molecular flexibility index (Phi) is 4.12. The molecule has 0 aromatic rings. The summed E-state index contributed by atoms with van der Waals surface area (Å²) in [6, 6.07) is 0. The van der Waals surface area contributed by atoms with Crippen LogP contribution in [-0.4, -0.2) is 19.6 Å². The van der Waals surface area contributed by atoms with Crippen molar-refractivity contribution < 1.29 is 17.2 Å². The molecule has 86 valence electrons. The van der Waals surface area contributed by atoms with Crippen molar-refractivity contribution in [2.24, 2.45) is 10.8 Å². The zero-order chi connectivity index (χ0) is 11.6. The smallest absolute Gasteiger partial charge is 0.264 e. The van der Waals surface area contributed by atoms with Crippen LogP contribution in [0.15, 0.2) is 0 Å². The van der Waals surface area contributed by atoms with Gasteiger partial charge >= 0.3 is 10.4 Å². The maximum Gasteiger partial charge on any atom is 0.397 e. The van der Waals surface area contributed by atoms with E-state index in [2.05, 4.69) is 25.0 Å². The van der Waals surface area contributed by atoms with Crippen molar-refractivity contribution in [2.75, 3.05) is 6.61 Å². The van der Waals surface area contributed by atoms with Gasteiger partial charge in [0.25, 0.3) is 0 Å². The van der Waals surface area contributed by atoms with Gasteiger partial charge in [0, 0.05) is 0 Å². The van der Waals surface area contributed by atoms with Crippen molar-refractivity contribution in [2.45, 2.75) is 41.0 Å². The maximum atomic E-state index is 10.4. The lowest BCUT2D eigenvalue weighted by Crippen LogP contribution is -2.27. The Hall–Kier alpha value is -0.130. The highest BCUT2D eigenvalue weighted by Gasteiger charge is 2.27. The zero-order valence-corrected chi connectivity index (χ0v) is 10.3. The quantitative estimate of drug-likeness (QED) is 0.744. The molecule has 0 radical (unpaired) electrons. The summed E-state index contributed by atoms with van der Waals surface area (Å²) >= 11 is 0. The van der Waals surface area contributed by atoms with Gasteiger partial charge in [0.05, 0.1) is 6.61 Å². The van der Waals surface area contributed by atoms with Crippen molar-refractivity contribution in [3.05, 3.63) is 0 Å². The molecule has 0 aliphatic rings. The average molecular weight is 224 g/mol. The largest absolute Gasteiger partial charge is 0.397 e. The Morgan fingerprint density at radius 3 is 1.86 bits per heavy atom. The van der Waals surface area contributed by atoms with Crippen LogP contribution in [0.1, 0.15) is 41.0 Å². The van der Waals surface area contributed by atoms with Crippen LogP contribution >= 0.6 is 0 Å². The van der Waals surface area contributed by atoms with Gasteiger partial charge in [-0.25, -0.2) is 4.18 Å². The van der Waals surface area contributed by atoms with Crippen LogP contribution in [0.2, 0.25) is 0 Å². The molecular formula is C9H20O4S. The summed E-state index contributed by atoms with van der Waals surface area (Å²) in [4.78, 5) is 0. The second kappa shape index (κ2) is 4.16. The second-order valence-electron chi connectivity index (χ2n) is 5.59. The number of rotatable bonds is 4. The Bertz CT molecular complexity index is 272. The van der Waals surface area contributed by atoms with Gasteiger partial charge in [-0.1, -0.05) is 34.6 Å². The molecular weight excluding hydrogens is 204 g/mol. The molecule has 0 aliphatic heterocycles. The topological polar surface area (TPSA) is 63.6 Å². The molecule has 1 N–H and O–H groups in total. The number of hydrogen-bond donors (Lipinski definition) is 1. The molecule has 0 heterocycles. The molecule has 0 rings (SSSR count). The van der Waals surface area contributed by atoms with Gasteiger partial charge in [0.2, 0.25) is 0 Å². The predicted molar refractivity (Wildman–Crippen MR) is 55.4 cm³/mol. The van der Waals surface area contributed by atoms with E-state index in [1.165, 1.54) is 0 Å². The molecule has 0 spiro atoms. The number of hydrogen-bond acceptors (Lipinski definition) is 3. The summed E-state index contributed by atoms with van der Waals surface area (Å²) < 4.78 is 33.6. The third-order valence-corrected chi connectivity index (χ3v) is 2.02. The van der Waals surface area contributed by atoms with Crippen molar-refractivity contribution in [3.8, 4) is 0 Å².